The molecule has 1 N–H and O–H groups in total. The largest absolute Gasteiger partial charge is 0.356 e. The van der Waals surface area contributed by atoms with E-state index in [0.717, 1.165) is 28.5 Å². The molecule has 3 aromatic heterocycles. The van der Waals surface area contributed by atoms with Gasteiger partial charge in [0.2, 0.25) is 10.0 Å². The molecule has 0 spiro atoms. The topological polar surface area (TPSA) is 85.1 Å². The average Bonchev–Trinajstić information content (AvgIpc) is 3.24. The fourth-order valence-electron chi connectivity index (χ4n) is 1.77. The van der Waals surface area contributed by atoms with Crippen LogP contribution in [0, 0.1) is 0 Å². The monoisotopic (exact) mass is 355 g/mol. The lowest BCUT2D eigenvalue weighted by Gasteiger charge is -2.01. The molecule has 9 heteroatoms. The normalized spacial score (nSPS) is 11.9. The zero-order valence-electron chi connectivity index (χ0n) is 11.6. The molecule has 0 aliphatic rings. The van der Waals surface area contributed by atoms with Crippen LogP contribution in [0.5, 0.6) is 0 Å². The number of hydrogen-bond donors (Lipinski definition) is 1. The van der Waals surface area contributed by atoms with Gasteiger partial charge in [-0.3, -0.25) is 0 Å². The first-order valence-electron chi connectivity index (χ1n) is 6.51. The number of aromatic nitrogens is 2. The predicted octanol–water partition coefficient (Wildman–Crippen LogP) is 2.90. The van der Waals surface area contributed by atoms with E-state index in [1.807, 2.05) is 12.3 Å². The minimum Gasteiger partial charge on any atom is -0.356 e. The first kappa shape index (κ1) is 15.3. The first-order valence-corrected chi connectivity index (χ1v) is 9.75. The second kappa shape index (κ2) is 6.29. The molecule has 0 radical (unpaired) electrons. The fourth-order valence-corrected chi connectivity index (χ4v) is 4.88. The second-order valence-electron chi connectivity index (χ2n) is 4.44. The van der Waals surface area contributed by atoms with E-state index >= 15 is 0 Å². The van der Waals surface area contributed by atoms with Crippen LogP contribution in [-0.2, 0) is 23.0 Å². The summed E-state index contributed by atoms with van der Waals surface area (Å²) in [6.45, 7) is 2.21. The Morgan fingerprint density at radius 2 is 2.18 bits per heavy atom. The molecule has 3 aromatic rings. The molecular weight excluding hydrogens is 342 g/mol. The molecule has 3 heterocycles. The Labute approximate surface area is 135 Å². The molecule has 3 rings (SSSR count). The van der Waals surface area contributed by atoms with Gasteiger partial charge in [0.25, 0.3) is 0 Å². The van der Waals surface area contributed by atoms with E-state index in [-0.39, 0.29) is 10.8 Å². The summed E-state index contributed by atoms with van der Waals surface area (Å²) in [7, 11) is -3.55. The van der Waals surface area contributed by atoms with Crippen LogP contribution in [0.3, 0.4) is 0 Å². The van der Waals surface area contributed by atoms with Gasteiger partial charge in [-0.25, -0.2) is 18.1 Å². The van der Waals surface area contributed by atoms with Crippen molar-refractivity contribution in [3.05, 3.63) is 39.8 Å². The number of thiazole rings is 1. The lowest BCUT2D eigenvalue weighted by Crippen LogP contribution is -2.22. The smallest absolute Gasteiger partial charge is 0.250 e. The summed E-state index contributed by atoms with van der Waals surface area (Å²) in [6, 6.07) is 3.26. The standard InChI is InChI=1S/C13H13N3O3S3/c1-2-10-8-20-12(16-10)6-15-22(17,18)13-5-9(7-21-13)11-3-4-14-19-11/h3-5,7-8,15H,2,6H2,1H3. The molecule has 0 fully saturated rings. The van der Waals surface area contributed by atoms with Gasteiger partial charge in [0.05, 0.1) is 18.4 Å². The number of hydrogen-bond acceptors (Lipinski definition) is 7. The zero-order chi connectivity index (χ0) is 15.6. The molecule has 6 nitrogen and oxygen atoms in total. The van der Waals surface area contributed by atoms with E-state index < -0.39 is 10.0 Å². The van der Waals surface area contributed by atoms with Gasteiger partial charge in [-0.1, -0.05) is 12.1 Å². The second-order valence-corrected chi connectivity index (χ2v) is 8.29. The number of nitrogens with one attached hydrogen (secondary N) is 1. The summed E-state index contributed by atoms with van der Waals surface area (Å²) >= 11 is 2.60. The van der Waals surface area contributed by atoms with Gasteiger partial charge in [0.15, 0.2) is 5.76 Å². The van der Waals surface area contributed by atoms with Crippen molar-refractivity contribution in [1.29, 1.82) is 0 Å². The summed E-state index contributed by atoms with van der Waals surface area (Å²) < 4.78 is 32.4. The third kappa shape index (κ3) is 3.27. The van der Waals surface area contributed by atoms with Crippen LogP contribution >= 0.6 is 22.7 Å². The minimum absolute atomic E-state index is 0.197. The Bertz CT molecular complexity index is 850. The van der Waals surface area contributed by atoms with Crippen molar-refractivity contribution in [2.75, 3.05) is 0 Å². The fraction of sp³-hybridized carbons (Fsp3) is 0.231. The molecule has 0 aromatic carbocycles. The van der Waals surface area contributed by atoms with Crippen molar-refractivity contribution < 1.29 is 12.9 Å². The van der Waals surface area contributed by atoms with Crippen molar-refractivity contribution in [3.63, 3.8) is 0 Å². The van der Waals surface area contributed by atoms with Crippen LogP contribution < -0.4 is 4.72 Å². The molecule has 0 bridgehead atoms. The predicted molar refractivity (Wildman–Crippen MR) is 85.3 cm³/mol. The zero-order valence-corrected chi connectivity index (χ0v) is 14.1. The highest BCUT2D eigenvalue weighted by Crippen LogP contribution is 2.28. The average molecular weight is 355 g/mol. The number of sulfonamides is 1. The summed E-state index contributed by atoms with van der Waals surface area (Å²) in [5, 5.41) is 8.04. The lowest BCUT2D eigenvalue weighted by molar-refractivity contribution is 0.432. The molecule has 0 aliphatic carbocycles. The van der Waals surface area contributed by atoms with Crippen LogP contribution in [0.25, 0.3) is 11.3 Å². The number of thiophene rings is 1. The molecule has 0 saturated heterocycles. The summed E-state index contributed by atoms with van der Waals surface area (Å²) in [6.07, 6.45) is 2.36. The number of nitrogens with zero attached hydrogens (tertiary/aromatic N) is 2. The highest BCUT2D eigenvalue weighted by atomic mass is 32.2. The van der Waals surface area contributed by atoms with Crippen LogP contribution in [0.2, 0.25) is 0 Å². The van der Waals surface area contributed by atoms with Crippen molar-refractivity contribution in [1.82, 2.24) is 14.9 Å². The first-order chi connectivity index (χ1) is 10.6. The third-order valence-corrected chi connectivity index (χ3v) is 6.68. The summed E-state index contributed by atoms with van der Waals surface area (Å²) in [5.74, 6) is 0.546. The van der Waals surface area contributed by atoms with E-state index in [2.05, 4.69) is 14.9 Å². The van der Waals surface area contributed by atoms with Gasteiger partial charge >= 0.3 is 0 Å². The lowest BCUT2D eigenvalue weighted by atomic mass is 10.3. The van der Waals surface area contributed by atoms with Gasteiger partial charge in [0.1, 0.15) is 9.22 Å². The van der Waals surface area contributed by atoms with E-state index in [4.69, 9.17) is 4.52 Å². The van der Waals surface area contributed by atoms with Gasteiger partial charge in [-0.15, -0.1) is 22.7 Å². The molecule has 0 aliphatic heterocycles. The summed E-state index contributed by atoms with van der Waals surface area (Å²) in [5.41, 5.74) is 1.67. The van der Waals surface area contributed by atoms with Crippen molar-refractivity contribution >= 4 is 32.7 Å². The number of aryl methyl sites for hydroxylation is 1. The van der Waals surface area contributed by atoms with Crippen LogP contribution in [0.15, 0.2) is 37.8 Å². The van der Waals surface area contributed by atoms with Gasteiger partial charge < -0.3 is 4.52 Å². The minimum atomic E-state index is -3.55. The summed E-state index contributed by atoms with van der Waals surface area (Å²) in [4.78, 5) is 4.34. The highest BCUT2D eigenvalue weighted by molar-refractivity contribution is 7.91. The van der Waals surface area contributed by atoms with E-state index in [0.29, 0.717) is 11.3 Å². The van der Waals surface area contributed by atoms with Gasteiger partial charge in [-0.05, 0) is 12.5 Å². The Balaban J connectivity index is 1.72. The maximum absolute atomic E-state index is 12.3. The third-order valence-electron chi connectivity index (χ3n) is 2.94. The van der Waals surface area contributed by atoms with E-state index in [1.54, 1.807) is 17.5 Å². The molecule has 0 amide bonds. The van der Waals surface area contributed by atoms with E-state index in [9.17, 15) is 8.42 Å². The SMILES string of the molecule is CCc1csc(CNS(=O)(=O)c2cc(-c3ccno3)cs2)n1. The molecule has 116 valence electrons. The molecular formula is C13H13N3O3S3. The van der Waals surface area contributed by atoms with Gasteiger partial charge in [0, 0.05) is 22.4 Å². The van der Waals surface area contributed by atoms with E-state index in [1.165, 1.54) is 17.5 Å². The van der Waals surface area contributed by atoms with Crippen molar-refractivity contribution in [2.24, 2.45) is 0 Å². The molecule has 0 atom stereocenters. The molecule has 0 unspecified atom stereocenters. The van der Waals surface area contributed by atoms with Crippen LogP contribution in [0.4, 0.5) is 0 Å². The Kier molecular flexibility index (Phi) is 4.39. The maximum Gasteiger partial charge on any atom is 0.250 e. The Morgan fingerprint density at radius 3 is 2.86 bits per heavy atom. The Hall–Kier alpha value is -1.55. The van der Waals surface area contributed by atoms with Crippen molar-refractivity contribution in [3.8, 4) is 11.3 Å². The van der Waals surface area contributed by atoms with Crippen LogP contribution in [-0.4, -0.2) is 18.6 Å². The molecule has 22 heavy (non-hydrogen) atoms. The molecule has 0 saturated carbocycles. The van der Waals surface area contributed by atoms with Crippen molar-refractivity contribution in [2.45, 2.75) is 24.1 Å². The number of rotatable bonds is 6. The van der Waals surface area contributed by atoms with Crippen LogP contribution in [0.1, 0.15) is 17.6 Å². The van der Waals surface area contributed by atoms with Gasteiger partial charge in [-0.2, -0.15) is 0 Å². The maximum atomic E-state index is 12.3. The highest BCUT2D eigenvalue weighted by Gasteiger charge is 2.18. The quantitative estimate of drug-likeness (QED) is 0.735. The Morgan fingerprint density at radius 1 is 1.32 bits per heavy atom.